The van der Waals surface area contributed by atoms with Crippen molar-refractivity contribution >= 4 is 5.84 Å². The van der Waals surface area contributed by atoms with Crippen molar-refractivity contribution in [1.82, 2.24) is 4.90 Å². The van der Waals surface area contributed by atoms with E-state index in [1.165, 1.54) is 6.42 Å². The van der Waals surface area contributed by atoms with Crippen LogP contribution in [0.5, 0.6) is 0 Å². The maximum absolute atomic E-state index is 8.37. The van der Waals surface area contributed by atoms with Gasteiger partial charge in [-0.05, 0) is 19.3 Å². The summed E-state index contributed by atoms with van der Waals surface area (Å²) in [7, 11) is 0. The molecule has 1 aliphatic heterocycles. The summed E-state index contributed by atoms with van der Waals surface area (Å²) in [6.07, 6.45) is 3.50. The van der Waals surface area contributed by atoms with Crippen LogP contribution in [0.25, 0.3) is 0 Å². The fourth-order valence-electron chi connectivity index (χ4n) is 1.19. The highest BCUT2D eigenvalue weighted by Crippen LogP contribution is 2.07. The van der Waals surface area contributed by atoms with Crippen molar-refractivity contribution in [2.45, 2.75) is 19.3 Å². The van der Waals surface area contributed by atoms with Crippen LogP contribution in [0.4, 0.5) is 0 Å². The first-order valence-electron chi connectivity index (χ1n) is 3.58. The number of amidine groups is 1. The van der Waals surface area contributed by atoms with Crippen LogP contribution in [0.2, 0.25) is 0 Å². The molecule has 0 aromatic carbocycles. The largest absolute Gasteiger partial charge is 0.348 e. The van der Waals surface area contributed by atoms with Crippen LogP contribution in [-0.2, 0) is 0 Å². The maximum atomic E-state index is 8.37. The normalized spacial score (nSPS) is 18.1. The monoisotopic (exact) mass is 137 g/mol. The Hall–Kier alpha value is -1.04. The third kappa shape index (κ3) is 1.47. The van der Waals surface area contributed by atoms with Gasteiger partial charge in [0, 0.05) is 13.1 Å². The number of rotatable bonds is 0. The number of nitrogens with zero attached hydrogens (tertiary/aromatic N) is 2. The van der Waals surface area contributed by atoms with Gasteiger partial charge in [0.1, 0.15) is 6.07 Å². The SMILES string of the molecule is N#CC(=N)N1CCCCC1. The third-order valence-electron chi connectivity index (χ3n) is 1.78. The van der Waals surface area contributed by atoms with E-state index in [1.54, 1.807) is 0 Å². The lowest BCUT2D eigenvalue weighted by Gasteiger charge is -2.25. The molecule has 0 unspecified atom stereocenters. The number of nitriles is 1. The van der Waals surface area contributed by atoms with Crippen molar-refractivity contribution in [3.8, 4) is 6.07 Å². The van der Waals surface area contributed by atoms with Crippen LogP contribution in [0.1, 0.15) is 19.3 Å². The highest BCUT2D eigenvalue weighted by molar-refractivity contribution is 5.93. The van der Waals surface area contributed by atoms with Gasteiger partial charge in [-0.3, -0.25) is 5.41 Å². The lowest BCUT2D eigenvalue weighted by atomic mass is 10.1. The molecule has 1 N–H and O–H groups in total. The Morgan fingerprint density at radius 3 is 2.40 bits per heavy atom. The fourth-order valence-corrected chi connectivity index (χ4v) is 1.19. The smallest absolute Gasteiger partial charge is 0.201 e. The summed E-state index contributed by atoms with van der Waals surface area (Å²) < 4.78 is 0. The van der Waals surface area contributed by atoms with E-state index >= 15 is 0 Å². The molecule has 1 rings (SSSR count). The Balaban J connectivity index is 2.40. The molecule has 1 heterocycles. The molecule has 3 heteroatoms. The van der Waals surface area contributed by atoms with Crippen LogP contribution in [0.3, 0.4) is 0 Å². The summed E-state index contributed by atoms with van der Waals surface area (Å²) in [5.74, 6) is 0.125. The molecule has 10 heavy (non-hydrogen) atoms. The Morgan fingerprint density at radius 2 is 1.90 bits per heavy atom. The number of nitrogens with one attached hydrogen (secondary N) is 1. The Labute approximate surface area is 60.8 Å². The molecule has 0 saturated carbocycles. The second-order valence-electron chi connectivity index (χ2n) is 2.51. The van der Waals surface area contributed by atoms with Crippen molar-refractivity contribution in [1.29, 1.82) is 10.7 Å². The summed E-state index contributed by atoms with van der Waals surface area (Å²) in [6, 6.07) is 1.84. The zero-order valence-corrected chi connectivity index (χ0v) is 5.93. The highest BCUT2D eigenvalue weighted by Gasteiger charge is 2.11. The second kappa shape index (κ2) is 3.21. The highest BCUT2D eigenvalue weighted by atomic mass is 15.2. The third-order valence-corrected chi connectivity index (χ3v) is 1.78. The van der Waals surface area contributed by atoms with E-state index in [9.17, 15) is 0 Å². The van der Waals surface area contributed by atoms with Crippen LogP contribution in [-0.4, -0.2) is 23.8 Å². The summed E-state index contributed by atoms with van der Waals surface area (Å²) in [5, 5.41) is 15.6. The van der Waals surface area contributed by atoms with Crippen LogP contribution >= 0.6 is 0 Å². The Bertz CT molecular complexity index is 162. The second-order valence-corrected chi connectivity index (χ2v) is 2.51. The predicted octanol–water partition coefficient (Wildman–Crippen LogP) is 0.973. The van der Waals surface area contributed by atoms with Gasteiger partial charge in [-0.1, -0.05) is 0 Å². The summed E-state index contributed by atoms with van der Waals surface area (Å²) in [6.45, 7) is 1.79. The van der Waals surface area contributed by atoms with Gasteiger partial charge in [0.05, 0.1) is 0 Å². The van der Waals surface area contributed by atoms with E-state index in [2.05, 4.69) is 0 Å². The molecule has 1 aliphatic rings. The molecule has 54 valence electrons. The number of likely N-dealkylation sites (tertiary alicyclic amines) is 1. The molecule has 0 radical (unpaired) electrons. The molecule has 3 nitrogen and oxygen atoms in total. The summed E-state index contributed by atoms with van der Waals surface area (Å²) in [5.41, 5.74) is 0. The quantitative estimate of drug-likeness (QED) is 0.399. The van der Waals surface area contributed by atoms with Gasteiger partial charge >= 0.3 is 0 Å². The molecule has 0 amide bonds. The maximum Gasteiger partial charge on any atom is 0.201 e. The minimum atomic E-state index is 0.125. The lowest BCUT2D eigenvalue weighted by molar-refractivity contribution is 0.343. The van der Waals surface area contributed by atoms with Gasteiger partial charge < -0.3 is 4.90 Å². The van der Waals surface area contributed by atoms with E-state index < -0.39 is 0 Å². The van der Waals surface area contributed by atoms with Crippen LogP contribution < -0.4 is 0 Å². The first kappa shape index (κ1) is 7.07. The molecular weight excluding hydrogens is 126 g/mol. The molecule has 0 spiro atoms. The standard InChI is InChI=1S/C7H11N3/c8-6-7(9)10-4-2-1-3-5-10/h9H,1-5H2. The van der Waals surface area contributed by atoms with E-state index in [0.717, 1.165) is 25.9 Å². The molecule has 0 bridgehead atoms. The van der Waals surface area contributed by atoms with Crippen LogP contribution in [0, 0.1) is 16.7 Å². The van der Waals surface area contributed by atoms with Crippen molar-refractivity contribution in [3.05, 3.63) is 0 Å². The van der Waals surface area contributed by atoms with E-state index in [-0.39, 0.29) is 5.84 Å². The number of hydrogen-bond acceptors (Lipinski definition) is 2. The first-order chi connectivity index (χ1) is 4.84. The summed E-state index contributed by atoms with van der Waals surface area (Å²) in [4.78, 5) is 1.84. The van der Waals surface area contributed by atoms with Gasteiger partial charge in [-0.2, -0.15) is 5.26 Å². The van der Waals surface area contributed by atoms with Crippen LogP contribution in [0.15, 0.2) is 0 Å². The zero-order valence-electron chi connectivity index (χ0n) is 5.93. The van der Waals surface area contributed by atoms with E-state index in [4.69, 9.17) is 10.7 Å². The molecule has 0 atom stereocenters. The van der Waals surface area contributed by atoms with Crippen molar-refractivity contribution in [3.63, 3.8) is 0 Å². The van der Waals surface area contributed by atoms with E-state index in [0.29, 0.717) is 0 Å². The number of piperidine rings is 1. The number of hydrogen-bond donors (Lipinski definition) is 1. The average molecular weight is 137 g/mol. The van der Waals surface area contributed by atoms with E-state index in [1.807, 2.05) is 11.0 Å². The predicted molar refractivity (Wildman–Crippen MR) is 38.8 cm³/mol. The molecule has 0 aromatic rings. The van der Waals surface area contributed by atoms with Crippen molar-refractivity contribution in [2.24, 2.45) is 0 Å². The lowest BCUT2D eigenvalue weighted by Crippen LogP contribution is -2.34. The van der Waals surface area contributed by atoms with Gasteiger partial charge in [0.2, 0.25) is 5.84 Å². The topological polar surface area (TPSA) is 50.9 Å². The first-order valence-corrected chi connectivity index (χ1v) is 3.58. The summed E-state index contributed by atoms with van der Waals surface area (Å²) >= 11 is 0. The fraction of sp³-hybridized carbons (Fsp3) is 0.714. The van der Waals surface area contributed by atoms with Crippen molar-refractivity contribution < 1.29 is 0 Å². The van der Waals surface area contributed by atoms with Gasteiger partial charge in [0.25, 0.3) is 0 Å². The minimum absolute atomic E-state index is 0.125. The molecule has 0 aliphatic carbocycles. The minimum Gasteiger partial charge on any atom is -0.348 e. The molecule has 1 fully saturated rings. The van der Waals surface area contributed by atoms with Gasteiger partial charge in [-0.15, -0.1) is 0 Å². The van der Waals surface area contributed by atoms with Crippen molar-refractivity contribution in [2.75, 3.05) is 13.1 Å². The van der Waals surface area contributed by atoms with Gasteiger partial charge in [0.15, 0.2) is 0 Å². The van der Waals surface area contributed by atoms with Gasteiger partial charge in [-0.25, -0.2) is 0 Å². The zero-order chi connectivity index (χ0) is 7.40. The average Bonchev–Trinajstić information content (AvgIpc) is 2.05. The molecule has 1 saturated heterocycles. The Kier molecular flexibility index (Phi) is 2.27. The molecular formula is C7H11N3. The molecule has 0 aromatic heterocycles. The Morgan fingerprint density at radius 1 is 1.30 bits per heavy atom.